The summed E-state index contributed by atoms with van der Waals surface area (Å²) in [6, 6.07) is 12.1. The summed E-state index contributed by atoms with van der Waals surface area (Å²) in [5.74, 6) is 0.340. The number of hydrogen-bond donors (Lipinski definition) is 1. The van der Waals surface area contributed by atoms with Crippen LogP contribution in [-0.2, 0) is 9.59 Å². The predicted octanol–water partition coefficient (Wildman–Crippen LogP) is 4.34. The molecule has 1 unspecified atom stereocenters. The smallest absolute Gasteiger partial charge is 0.229 e. The normalized spacial score (nSPS) is 11.6. The predicted molar refractivity (Wildman–Crippen MR) is 107 cm³/mol. The van der Waals surface area contributed by atoms with Crippen LogP contribution >= 0.6 is 27.5 Å². The van der Waals surface area contributed by atoms with Crippen LogP contribution in [0, 0.1) is 0 Å². The maximum atomic E-state index is 12.7. The molecule has 0 spiro atoms. The molecule has 0 aliphatic heterocycles. The first-order chi connectivity index (χ1) is 12.3. The molecule has 2 rings (SSSR count). The zero-order valence-electron chi connectivity index (χ0n) is 14.8. The SMILES string of the molecule is COc1ccc(C(CC(=O)N(C)c2ccc(Br)cc2Cl)NC(C)=O)cc1. The van der Waals surface area contributed by atoms with Crippen LogP contribution in [0.2, 0.25) is 5.02 Å². The zero-order chi connectivity index (χ0) is 19.3. The molecule has 0 bridgehead atoms. The van der Waals surface area contributed by atoms with Crippen molar-refractivity contribution in [3.8, 4) is 5.75 Å². The van der Waals surface area contributed by atoms with Crippen molar-refractivity contribution >= 4 is 45.0 Å². The molecule has 1 N–H and O–H groups in total. The Morgan fingerprint density at radius 1 is 1.23 bits per heavy atom. The number of benzene rings is 2. The molecule has 2 aromatic rings. The van der Waals surface area contributed by atoms with Crippen LogP contribution in [0.1, 0.15) is 24.9 Å². The second-order valence-corrected chi connectivity index (χ2v) is 7.10. The third-order valence-corrected chi connectivity index (χ3v) is 4.72. The second kappa shape index (κ2) is 9.05. The largest absolute Gasteiger partial charge is 0.497 e. The van der Waals surface area contributed by atoms with Gasteiger partial charge in [-0.3, -0.25) is 9.59 Å². The Hall–Kier alpha value is -2.05. The third-order valence-electron chi connectivity index (χ3n) is 3.92. The van der Waals surface area contributed by atoms with Gasteiger partial charge in [-0.05, 0) is 35.9 Å². The molecule has 0 aromatic heterocycles. The minimum Gasteiger partial charge on any atom is -0.497 e. The van der Waals surface area contributed by atoms with Gasteiger partial charge in [-0.15, -0.1) is 0 Å². The molecular weight excluding hydrogens is 420 g/mol. The Morgan fingerprint density at radius 3 is 2.42 bits per heavy atom. The highest BCUT2D eigenvalue weighted by Gasteiger charge is 2.21. The summed E-state index contributed by atoms with van der Waals surface area (Å²) >= 11 is 9.58. The highest BCUT2D eigenvalue weighted by molar-refractivity contribution is 9.10. The number of methoxy groups -OCH3 is 1. The average Bonchev–Trinajstić information content (AvgIpc) is 2.60. The highest BCUT2D eigenvalue weighted by atomic mass is 79.9. The van der Waals surface area contributed by atoms with Crippen molar-refractivity contribution < 1.29 is 14.3 Å². The van der Waals surface area contributed by atoms with Gasteiger partial charge in [0.05, 0.1) is 30.3 Å². The van der Waals surface area contributed by atoms with Crippen LogP contribution in [0.4, 0.5) is 5.69 Å². The van der Waals surface area contributed by atoms with Gasteiger partial charge in [0.25, 0.3) is 0 Å². The fraction of sp³-hybridized carbons (Fsp3) is 0.263. The molecule has 1 atom stereocenters. The minimum absolute atomic E-state index is 0.106. The summed E-state index contributed by atoms with van der Waals surface area (Å²) in [6.45, 7) is 1.43. The molecule has 0 heterocycles. The standard InChI is InChI=1S/C19H20BrClN2O3/c1-12(24)22-17(13-4-7-15(26-3)8-5-13)11-19(25)23(2)18-9-6-14(20)10-16(18)21/h4-10,17H,11H2,1-3H3,(H,22,24). The number of carbonyl (C=O) groups is 2. The molecule has 0 saturated heterocycles. The second-order valence-electron chi connectivity index (χ2n) is 5.78. The van der Waals surface area contributed by atoms with Crippen molar-refractivity contribution in [1.82, 2.24) is 5.32 Å². The number of nitrogens with zero attached hydrogens (tertiary/aromatic N) is 1. The number of hydrogen-bond acceptors (Lipinski definition) is 3. The van der Waals surface area contributed by atoms with E-state index in [0.29, 0.717) is 16.5 Å². The first kappa shape index (κ1) is 20.3. The quantitative estimate of drug-likeness (QED) is 0.728. The van der Waals surface area contributed by atoms with Crippen molar-refractivity contribution in [2.75, 3.05) is 19.1 Å². The van der Waals surface area contributed by atoms with Crippen LogP contribution in [0.3, 0.4) is 0 Å². The van der Waals surface area contributed by atoms with E-state index in [-0.39, 0.29) is 18.2 Å². The molecule has 2 amide bonds. The Kier molecular flexibility index (Phi) is 7.06. The number of rotatable bonds is 6. The van der Waals surface area contributed by atoms with E-state index in [2.05, 4.69) is 21.2 Å². The first-order valence-corrected chi connectivity index (χ1v) is 9.11. The van der Waals surface area contributed by atoms with E-state index in [0.717, 1.165) is 10.0 Å². The number of ether oxygens (including phenoxy) is 1. The van der Waals surface area contributed by atoms with Crippen LogP contribution in [0.25, 0.3) is 0 Å². The lowest BCUT2D eigenvalue weighted by molar-refractivity contribution is -0.121. The molecule has 138 valence electrons. The van der Waals surface area contributed by atoms with Gasteiger partial charge in [-0.25, -0.2) is 0 Å². The van der Waals surface area contributed by atoms with Gasteiger partial charge in [0.2, 0.25) is 11.8 Å². The van der Waals surface area contributed by atoms with Gasteiger partial charge in [0, 0.05) is 18.4 Å². The molecule has 0 fully saturated rings. The molecule has 2 aromatic carbocycles. The van der Waals surface area contributed by atoms with E-state index in [1.165, 1.54) is 11.8 Å². The van der Waals surface area contributed by atoms with Gasteiger partial charge in [0.1, 0.15) is 5.75 Å². The third kappa shape index (κ3) is 5.22. The van der Waals surface area contributed by atoms with Gasteiger partial charge < -0.3 is 15.0 Å². The topological polar surface area (TPSA) is 58.6 Å². The summed E-state index contributed by atoms with van der Waals surface area (Å²) in [5.41, 5.74) is 1.43. The van der Waals surface area contributed by atoms with Gasteiger partial charge in [0.15, 0.2) is 0 Å². The van der Waals surface area contributed by atoms with Crippen molar-refractivity contribution in [2.45, 2.75) is 19.4 Å². The first-order valence-electron chi connectivity index (χ1n) is 7.94. The summed E-state index contributed by atoms with van der Waals surface area (Å²) in [5, 5.41) is 3.30. The maximum absolute atomic E-state index is 12.7. The Labute approximate surface area is 166 Å². The van der Waals surface area contributed by atoms with Gasteiger partial charge >= 0.3 is 0 Å². The van der Waals surface area contributed by atoms with Gasteiger partial charge in [-0.1, -0.05) is 39.7 Å². The summed E-state index contributed by atoms with van der Waals surface area (Å²) in [6.07, 6.45) is 0.106. The number of carbonyl (C=O) groups excluding carboxylic acids is 2. The molecule has 0 radical (unpaired) electrons. The fourth-order valence-corrected chi connectivity index (χ4v) is 3.33. The molecule has 7 heteroatoms. The van der Waals surface area contributed by atoms with E-state index in [1.807, 2.05) is 18.2 Å². The Balaban J connectivity index is 2.20. The van der Waals surface area contributed by atoms with Crippen LogP contribution in [0.5, 0.6) is 5.75 Å². The van der Waals surface area contributed by atoms with E-state index in [9.17, 15) is 9.59 Å². The van der Waals surface area contributed by atoms with Crippen molar-refractivity contribution in [3.63, 3.8) is 0 Å². The molecule has 26 heavy (non-hydrogen) atoms. The molecule has 5 nitrogen and oxygen atoms in total. The lowest BCUT2D eigenvalue weighted by Gasteiger charge is -2.23. The molecular formula is C19H20BrClN2O3. The summed E-state index contributed by atoms with van der Waals surface area (Å²) in [4.78, 5) is 25.8. The van der Waals surface area contributed by atoms with Crippen molar-refractivity contribution in [2.24, 2.45) is 0 Å². The number of amides is 2. The highest BCUT2D eigenvalue weighted by Crippen LogP contribution is 2.30. The van der Waals surface area contributed by atoms with E-state index < -0.39 is 6.04 Å². The Bertz CT molecular complexity index is 796. The Morgan fingerprint density at radius 2 is 1.88 bits per heavy atom. The lowest BCUT2D eigenvalue weighted by atomic mass is 10.0. The molecule has 0 aliphatic rings. The lowest BCUT2D eigenvalue weighted by Crippen LogP contribution is -2.34. The number of nitrogens with one attached hydrogen (secondary N) is 1. The van der Waals surface area contributed by atoms with E-state index >= 15 is 0 Å². The molecule has 0 aliphatic carbocycles. The van der Waals surface area contributed by atoms with Gasteiger partial charge in [-0.2, -0.15) is 0 Å². The zero-order valence-corrected chi connectivity index (χ0v) is 17.1. The minimum atomic E-state index is -0.442. The van der Waals surface area contributed by atoms with E-state index in [1.54, 1.807) is 38.4 Å². The van der Waals surface area contributed by atoms with E-state index in [4.69, 9.17) is 16.3 Å². The van der Waals surface area contributed by atoms with Crippen LogP contribution < -0.4 is 15.0 Å². The number of anilines is 1. The average molecular weight is 440 g/mol. The summed E-state index contributed by atoms with van der Waals surface area (Å²) in [7, 11) is 3.25. The maximum Gasteiger partial charge on any atom is 0.229 e. The fourth-order valence-electron chi connectivity index (χ4n) is 2.53. The summed E-state index contributed by atoms with van der Waals surface area (Å²) < 4.78 is 5.98. The van der Waals surface area contributed by atoms with Crippen LogP contribution in [-0.4, -0.2) is 26.0 Å². The monoisotopic (exact) mass is 438 g/mol. The van der Waals surface area contributed by atoms with Crippen molar-refractivity contribution in [1.29, 1.82) is 0 Å². The molecule has 0 saturated carbocycles. The van der Waals surface area contributed by atoms with Crippen molar-refractivity contribution in [3.05, 3.63) is 57.5 Å². The number of halogens is 2. The van der Waals surface area contributed by atoms with Crippen LogP contribution in [0.15, 0.2) is 46.9 Å².